The van der Waals surface area contributed by atoms with E-state index in [0.717, 1.165) is 96.1 Å². The van der Waals surface area contributed by atoms with Crippen molar-refractivity contribution in [2.45, 2.75) is 5.41 Å². The molecule has 0 saturated carbocycles. The van der Waals surface area contributed by atoms with Gasteiger partial charge < -0.3 is 24.2 Å². The van der Waals surface area contributed by atoms with Gasteiger partial charge in [-0.15, -0.1) is 0 Å². The normalized spacial score (nSPS) is 12.1. The lowest BCUT2D eigenvalue weighted by molar-refractivity contribution is 0.771. The van der Waals surface area contributed by atoms with Crippen LogP contribution in [-0.4, -0.2) is 4.57 Å². The summed E-state index contributed by atoms with van der Waals surface area (Å²) in [5, 5.41) is 2.36. The summed E-state index contributed by atoms with van der Waals surface area (Å²) >= 11 is 0. The zero-order chi connectivity index (χ0) is 59.8. The van der Waals surface area contributed by atoms with Gasteiger partial charge in [-0.2, -0.15) is 0 Å². The maximum Gasteiger partial charge on any atom is 0.0737 e. The lowest BCUT2D eigenvalue weighted by Crippen LogP contribution is -2.31. The molecule has 14 aromatic carbocycles. The minimum Gasteiger partial charge on any atom is -0.310 e. The van der Waals surface area contributed by atoms with Crippen LogP contribution < -0.4 is 19.6 Å². The lowest BCUT2D eigenvalue weighted by atomic mass is 9.66. The standard InChI is InChI=1S/C85H61N5/c1-10-32-64(33-11-1)86(65-34-12-2-13-35-65)73-56-62(57-74(60-73)87(66-36-14-3-15-37-66)67-38-16-4-17-39-67)85(81-52-30-28-50-77(81)79-54-55-80-78-51-29-31-53-82(78)90(84(80)83(79)85)72-48-26-9-27-49-72)63-58-75(88(68-40-18-5-19-41-68)69-42-20-6-21-43-69)61-76(59-63)89(70-44-22-7-23-45-70)71-46-24-8-25-47-71/h1-61H. The van der Waals surface area contributed by atoms with Crippen LogP contribution in [0, 0.1) is 0 Å². The lowest BCUT2D eigenvalue weighted by Gasteiger charge is -2.39. The zero-order valence-electron chi connectivity index (χ0n) is 49.5. The molecule has 1 heterocycles. The highest BCUT2D eigenvalue weighted by atomic mass is 15.2. The molecule has 1 aliphatic carbocycles. The molecule has 0 amide bonds. The highest BCUT2D eigenvalue weighted by molar-refractivity contribution is 6.14. The molecular weight excluding hydrogens is 1090 g/mol. The van der Waals surface area contributed by atoms with Crippen molar-refractivity contribution in [2.75, 3.05) is 19.6 Å². The Bertz CT molecular complexity index is 4410. The van der Waals surface area contributed by atoms with Crippen LogP contribution in [0.5, 0.6) is 0 Å². The molecule has 0 saturated heterocycles. The van der Waals surface area contributed by atoms with E-state index in [1.54, 1.807) is 0 Å². The van der Waals surface area contributed by atoms with Crippen LogP contribution in [0.4, 0.5) is 68.2 Å². The fourth-order valence-corrected chi connectivity index (χ4v) is 14.0. The second kappa shape index (κ2) is 23.1. The van der Waals surface area contributed by atoms with E-state index in [1.165, 1.54) is 33.0 Å². The van der Waals surface area contributed by atoms with Gasteiger partial charge in [0.05, 0.1) is 16.4 Å². The smallest absolute Gasteiger partial charge is 0.0737 e. The Morgan fingerprint density at radius 1 is 0.222 bits per heavy atom. The second-order valence-electron chi connectivity index (χ2n) is 22.9. The molecule has 426 valence electrons. The maximum absolute atomic E-state index is 2.54. The quantitative estimate of drug-likeness (QED) is 0.102. The van der Waals surface area contributed by atoms with Gasteiger partial charge in [0.25, 0.3) is 0 Å². The van der Waals surface area contributed by atoms with Crippen LogP contribution in [0.25, 0.3) is 38.6 Å². The van der Waals surface area contributed by atoms with Crippen molar-refractivity contribution in [1.29, 1.82) is 0 Å². The van der Waals surface area contributed by atoms with Gasteiger partial charge in [0.15, 0.2) is 0 Å². The highest BCUT2D eigenvalue weighted by Crippen LogP contribution is 2.62. The fraction of sp³-hybridized carbons (Fsp3) is 0.0118. The molecule has 90 heavy (non-hydrogen) atoms. The van der Waals surface area contributed by atoms with E-state index in [-0.39, 0.29) is 0 Å². The first-order valence-electron chi connectivity index (χ1n) is 30.8. The number of hydrogen-bond acceptors (Lipinski definition) is 4. The number of hydrogen-bond donors (Lipinski definition) is 0. The SMILES string of the molecule is c1ccc(N(c2ccccc2)c2cc(N(c3ccccc3)c3ccccc3)cc(C3(c4cc(N(c5ccccc5)c5ccccc5)cc(N(c5ccccc5)c5ccccc5)c4)c4ccccc4-c4ccc5c6ccccc6n(-c6ccccc6)c5c43)c2)cc1. The molecule has 0 aliphatic heterocycles. The molecule has 5 heteroatoms. The first kappa shape index (κ1) is 53.5. The number of fused-ring (bicyclic) bond motifs is 7. The van der Waals surface area contributed by atoms with Crippen molar-refractivity contribution in [3.8, 4) is 16.8 Å². The fourth-order valence-electron chi connectivity index (χ4n) is 14.0. The van der Waals surface area contributed by atoms with Crippen molar-refractivity contribution < 1.29 is 0 Å². The van der Waals surface area contributed by atoms with Gasteiger partial charge in [0.2, 0.25) is 0 Å². The number of rotatable bonds is 15. The van der Waals surface area contributed by atoms with E-state index in [2.05, 4.69) is 394 Å². The Morgan fingerprint density at radius 2 is 0.522 bits per heavy atom. The predicted octanol–water partition coefficient (Wildman–Crippen LogP) is 23.0. The Kier molecular flexibility index (Phi) is 13.7. The molecule has 15 aromatic rings. The number of para-hydroxylation sites is 10. The number of anilines is 12. The monoisotopic (exact) mass is 1150 g/mol. The largest absolute Gasteiger partial charge is 0.310 e. The minimum absolute atomic E-state index is 1.000. The summed E-state index contributed by atoms with van der Waals surface area (Å²) in [6, 6.07) is 135. The van der Waals surface area contributed by atoms with Gasteiger partial charge in [-0.05, 0) is 179 Å². The van der Waals surface area contributed by atoms with Gasteiger partial charge in [-0.25, -0.2) is 0 Å². The molecule has 5 nitrogen and oxygen atoms in total. The zero-order valence-corrected chi connectivity index (χ0v) is 49.5. The molecule has 0 spiro atoms. The third kappa shape index (κ3) is 9.27. The summed E-state index contributed by atoms with van der Waals surface area (Å²) in [7, 11) is 0. The van der Waals surface area contributed by atoms with Gasteiger partial charge in [-0.3, -0.25) is 0 Å². The van der Waals surface area contributed by atoms with Crippen LogP contribution >= 0.6 is 0 Å². The summed E-state index contributed by atoms with van der Waals surface area (Å²) in [4.78, 5) is 9.72. The summed E-state index contributed by atoms with van der Waals surface area (Å²) in [5.41, 5.74) is 21.5. The summed E-state index contributed by atoms with van der Waals surface area (Å²) < 4.78 is 2.54. The predicted molar refractivity (Wildman–Crippen MR) is 377 cm³/mol. The Morgan fingerprint density at radius 3 is 0.878 bits per heavy atom. The molecule has 16 rings (SSSR count). The van der Waals surface area contributed by atoms with E-state index in [4.69, 9.17) is 0 Å². The van der Waals surface area contributed by atoms with E-state index in [9.17, 15) is 0 Å². The van der Waals surface area contributed by atoms with Crippen molar-refractivity contribution in [3.05, 3.63) is 392 Å². The van der Waals surface area contributed by atoms with E-state index < -0.39 is 5.41 Å². The van der Waals surface area contributed by atoms with E-state index in [1.807, 2.05) is 0 Å². The van der Waals surface area contributed by atoms with Crippen LogP contribution in [0.1, 0.15) is 22.3 Å². The number of benzene rings is 14. The van der Waals surface area contributed by atoms with E-state index >= 15 is 0 Å². The first-order valence-corrected chi connectivity index (χ1v) is 30.8. The topological polar surface area (TPSA) is 17.9 Å². The van der Waals surface area contributed by atoms with Crippen molar-refractivity contribution in [1.82, 2.24) is 4.57 Å². The van der Waals surface area contributed by atoms with Gasteiger partial charge in [0.1, 0.15) is 0 Å². The Balaban J connectivity index is 1.14. The number of aromatic nitrogens is 1. The molecule has 1 aliphatic rings. The van der Waals surface area contributed by atoms with E-state index in [0.29, 0.717) is 0 Å². The molecule has 0 unspecified atom stereocenters. The van der Waals surface area contributed by atoms with Crippen molar-refractivity contribution >= 4 is 90.1 Å². The molecule has 1 aromatic heterocycles. The summed E-state index contributed by atoms with van der Waals surface area (Å²) in [6.07, 6.45) is 0. The summed E-state index contributed by atoms with van der Waals surface area (Å²) in [5.74, 6) is 0. The molecule has 0 bridgehead atoms. The average molecular weight is 1150 g/mol. The Hall–Kier alpha value is -11.9. The van der Waals surface area contributed by atoms with Crippen LogP contribution in [0.2, 0.25) is 0 Å². The molecule has 0 fully saturated rings. The van der Waals surface area contributed by atoms with Gasteiger partial charge >= 0.3 is 0 Å². The molecule has 0 N–H and O–H groups in total. The molecule has 0 radical (unpaired) electrons. The average Bonchev–Trinajstić information content (AvgIpc) is 1.50. The van der Waals surface area contributed by atoms with Crippen molar-refractivity contribution in [2.24, 2.45) is 0 Å². The van der Waals surface area contributed by atoms with Crippen LogP contribution in [0.15, 0.2) is 370 Å². The highest BCUT2D eigenvalue weighted by Gasteiger charge is 2.50. The first-order chi connectivity index (χ1) is 44.7. The second-order valence-corrected chi connectivity index (χ2v) is 22.9. The minimum atomic E-state index is -1.09. The third-order valence-electron chi connectivity index (χ3n) is 17.7. The third-order valence-corrected chi connectivity index (χ3v) is 17.7. The van der Waals surface area contributed by atoms with Gasteiger partial charge in [-0.1, -0.05) is 218 Å². The Labute approximate surface area is 525 Å². The maximum atomic E-state index is 2.54. The van der Waals surface area contributed by atoms with Crippen LogP contribution in [0.3, 0.4) is 0 Å². The molecular formula is C85H61N5. The molecule has 0 atom stereocenters. The van der Waals surface area contributed by atoms with Gasteiger partial charge in [0, 0.05) is 90.3 Å². The number of nitrogens with zero attached hydrogens (tertiary/aromatic N) is 5. The van der Waals surface area contributed by atoms with Crippen LogP contribution in [-0.2, 0) is 5.41 Å². The summed E-state index contributed by atoms with van der Waals surface area (Å²) in [6.45, 7) is 0. The van der Waals surface area contributed by atoms with Crippen molar-refractivity contribution in [3.63, 3.8) is 0 Å².